The zero-order valence-electron chi connectivity index (χ0n) is 11.0. The van der Waals surface area contributed by atoms with E-state index in [9.17, 15) is 18.4 Å². The Bertz CT molecular complexity index is 709. The summed E-state index contributed by atoms with van der Waals surface area (Å²) in [5.41, 5.74) is -0.470. The minimum atomic E-state index is -1.24. The van der Waals surface area contributed by atoms with Crippen molar-refractivity contribution in [1.29, 1.82) is 0 Å². The Morgan fingerprint density at radius 2 is 1.57 bits per heavy atom. The molecule has 0 unspecified atom stereocenters. The van der Waals surface area contributed by atoms with Gasteiger partial charge >= 0.3 is 5.97 Å². The number of anilines is 1. The highest BCUT2D eigenvalue weighted by atomic mass is 19.1. The Morgan fingerprint density at radius 1 is 1.00 bits per heavy atom. The third-order valence-corrected chi connectivity index (χ3v) is 2.92. The average Bonchev–Trinajstić information content (AvgIpc) is 2.37. The van der Waals surface area contributed by atoms with E-state index < -0.39 is 29.1 Å². The van der Waals surface area contributed by atoms with Crippen LogP contribution in [0.4, 0.5) is 14.5 Å². The molecule has 21 heavy (non-hydrogen) atoms. The first-order valence-corrected chi connectivity index (χ1v) is 6.00. The number of hydrogen-bond donors (Lipinski definition) is 2. The van der Waals surface area contributed by atoms with Crippen LogP contribution in [-0.4, -0.2) is 17.0 Å². The summed E-state index contributed by atoms with van der Waals surface area (Å²) in [5.74, 6) is -4.31. The molecule has 2 aromatic carbocycles. The zero-order chi connectivity index (χ0) is 15.6. The van der Waals surface area contributed by atoms with Gasteiger partial charge in [-0.2, -0.15) is 0 Å². The first-order valence-electron chi connectivity index (χ1n) is 6.00. The van der Waals surface area contributed by atoms with Gasteiger partial charge in [-0.05, 0) is 30.7 Å². The van der Waals surface area contributed by atoms with Crippen LogP contribution in [0.25, 0.3) is 0 Å². The van der Waals surface area contributed by atoms with Crippen molar-refractivity contribution in [3.05, 3.63) is 64.7 Å². The van der Waals surface area contributed by atoms with E-state index in [2.05, 4.69) is 5.32 Å². The molecule has 2 aromatic rings. The molecule has 0 saturated heterocycles. The number of aryl methyl sites for hydroxylation is 1. The van der Waals surface area contributed by atoms with E-state index in [1.54, 1.807) is 13.0 Å². The highest BCUT2D eigenvalue weighted by Crippen LogP contribution is 2.21. The minimum absolute atomic E-state index is 0.0184. The molecule has 0 fully saturated rings. The molecule has 0 bridgehead atoms. The molecule has 2 rings (SSSR count). The van der Waals surface area contributed by atoms with Crippen molar-refractivity contribution in [2.24, 2.45) is 0 Å². The Kier molecular flexibility index (Phi) is 3.98. The molecule has 0 aliphatic carbocycles. The number of hydrogen-bond acceptors (Lipinski definition) is 2. The second kappa shape index (κ2) is 5.70. The van der Waals surface area contributed by atoms with E-state index in [-0.39, 0.29) is 11.3 Å². The predicted octanol–water partition coefficient (Wildman–Crippen LogP) is 3.22. The van der Waals surface area contributed by atoms with Crippen LogP contribution in [0.2, 0.25) is 0 Å². The van der Waals surface area contributed by atoms with Crippen LogP contribution in [0, 0.1) is 18.6 Å². The highest BCUT2D eigenvalue weighted by Gasteiger charge is 2.20. The standard InChI is InChI=1S/C15H11F2NO3/c1-8-4-2-7-11(12(8)15(20)21)18-14(19)13-9(16)5-3-6-10(13)17/h2-7H,1H3,(H,18,19)(H,20,21). The first-order chi connectivity index (χ1) is 9.91. The molecule has 0 spiro atoms. The SMILES string of the molecule is Cc1cccc(NC(=O)c2c(F)cccc2F)c1C(=O)O. The van der Waals surface area contributed by atoms with Gasteiger partial charge in [-0.25, -0.2) is 13.6 Å². The summed E-state index contributed by atoms with van der Waals surface area (Å²) >= 11 is 0. The molecule has 1 amide bonds. The van der Waals surface area contributed by atoms with Crippen molar-refractivity contribution in [1.82, 2.24) is 0 Å². The number of rotatable bonds is 3. The van der Waals surface area contributed by atoms with E-state index in [4.69, 9.17) is 5.11 Å². The average molecular weight is 291 g/mol. The lowest BCUT2D eigenvalue weighted by atomic mass is 10.1. The number of carboxylic acid groups (broad SMARTS) is 1. The largest absolute Gasteiger partial charge is 0.478 e. The fraction of sp³-hybridized carbons (Fsp3) is 0.0667. The van der Waals surface area contributed by atoms with E-state index in [1.807, 2.05) is 0 Å². The molecule has 0 aliphatic heterocycles. The second-order valence-electron chi connectivity index (χ2n) is 4.35. The summed E-state index contributed by atoms with van der Waals surface area (Å²) in [4.78, 5) is 23.2. The van der Waals surface area contributed by atoms with Crippen molar-refractivity contribution in [2.45, 2.75) is 6.92 Å². The number of carboxylic acids is 1. The molecular formula is C15H11F2NO3. The summed E-state index contributed by atoms with van der Waals surface area (Å²) in [7, 11) is 0. The number of carbonyl (C=O) groups excluding carboxylic acids is 1. The van der Waals surface area contributed by atoms with Crippen LogP contribution < -0.4 is 5.32 Å². The Balaban J connectivity index is 2.42. The fourth-order valence-corrected chi connectivity index (χ4v) is 1.96. The van der Waals surface area contributed by atoms with Gasteiger partial charge in [0.2, 0.25) is 0 Å². The van der Waals surface area contributed by atoms with Crippen molar-refractivity contribution >= 4 is 17.6 Å². The monoisotopic (exact) mass is 291 g/mol. The van der Waals surface area contributed by atoms with Gasteiger partial charge < -0.3 is 10.4 Å². The third kappa shape index (κ3) is 2.89. The van der Waals surface area contributed by atoms with Crippen LogP contribution in [-0.2, 0) is 0 Å². The maximum absolute atomic E-state index is 13.5. The molecule has 0 heterocycles. The summed E-state index contributed by atoms with van der Waals surface area (Å²) in [6, 6.07) is 7.49. The van der Waals surface area contributed by atoms with E-state index in [0.717, 1.165) is 18.2 Å². The topological polar surface area (TPSA) is 66.4 Å². The molecule has 0 atom stereocenters. The van der Waals surface area contributed by atoms with Crippen molar-refractivity contribution in [2.75, 3.05) is 5.32 Å². The molecule has 108 valence electrons. The van der Waals surface area contributed by atoms with Gasteiger partial charge in [0, 0.05) is 0 Å². The van der Waals surface area contributed by atoms with Crippen LogP contribution >= 0.6 is 0 Å². The molecule has 0 radical (unpaired) electrons. The summed E-state index contributed by atoms with van der Waals surface area (Å²) in [6.07, 6.45) is 0. The molecule has 0 aliphatic rings. The Morgan fingerprint density at radius 3 is 2.14 bits per heavy atom. The quantitative estimate of drug-likeness (QED) is 0.912. The first kappa shape index (κ1) is 14.6. The number of nitrogens with one attached hydrogen (secondary N) is 1. The zero-order valence-corrected chi connectivity index (χ0v) is 11.0. The van der Waals surface area contributed by atoms with Gasteiger partial charge in [0.25, 0.3) is 5.91 Å². The van der Waals surface area contributed by atoms with Crippen LogP contribution in [0.1, 0.15) is 26.3 Å². The van der Waals surface area contributed by atoms with Gasteiger partial charge in [0.05, 0.1) is 11.3 Å². The lowest BCUT2D eigenvalue weighted by Gasteiger charge is -2.11. The molecule has 4 nitrogen and oxygen atoms in total. The third-order valence-electron chi connectivity index (χ3n) is 2.92. The molecule has 6 heteroatoms. The molecule has 0 saturated carbocycles. The van der Waals surface area contributed by atoms with Crippen LogP contribution in [0.15, 0.2) is 36.4 Å². The maximum Gasteiger partial charge on any atom is 0.338 e. The maximum atomic E-state index is 13.5. The smallest absolute Gasteiger partial charge is 0.338 e. The normalized spacial score (nSPS) is 10.2. The predicted molar refractivity (Wildman–Crippen MR) is 72.4 cm³/mol. The Hall–Kier alpha value is -2.76. The van der Waals surface area contributed by atoms with Gasteiger partial charge in [0.1, 0.15) is 17.2 Å². The van der Waals surface area contributed by atoms with Gasteiger partial charge in [0.15, 0.2) is 0 Å². The minimum Gasteiger partial charge on any atom is -0.478 e. The van der Waals surface area contributed by atoms with E-state index >= 15 is 0 Å². The lowest BCUT2D eigenvalue weighted by Crippen LogP contribution is -2.18. The molecule has 2 N–H and O–H groups in total. The number of aromatic carboxylic acids is 1. The number of benzene rings is 2. The van der Waals surface area contributed by atoms with Gasteiger partial charge in [-0.15, -0.1) is 0 Å². The number of amides is 1. The van der Waals surface area contributed by atoms with Crippen molar-refractivity contribution in [3.8, 4) is 0 Å². The fourth-order valence-electron chi connectivity index (χ4n) is 1.96. The lowest BCUT2D eigenvalue weighted by molar-refractivity contribution is 0.0697. The summed E-state index contributed by atoms with van der Waals surface area (Å²) in [5, 5.41) is 11.4. The Labute approximate surface area is 119 Å². The second-order valence-corrected chi connectivity index (χ2v) is 4.35. The molecular weight excluding hydrogens is 280 g/mol. The van der Waals surface area contributed by atoms with Gasteiger partial charge in [-0.1, -0.05) is 18.2 Å². The van der Waals surface area contributed by atoms with Crippen molar-refractivity contribution < 1.29 is 23.5 Å². The van der Waals surface area contributed by atoms with Crippen molar-refractivity contribution in [3.63, 3.8) is 0 Å². The van der Waals surface area contributed by atoms with E-state index in [1.165, 1.54) is 12.1 Å². The number of carbonyl (C=O) groups is 2. The molecule has 0 aromatic heterocycles. The summed E-state index contributed by atoms with van der Waals surface area (Å²) in [6.45, 7) is 1.56. The van der Waals surface area contributed by atoms with Crippen LogP contribution in [0.5, 0.6) is 0 Å². The highest BCUT2D eigenvalue weighted by molar-refractivity contribution is 6.08. The number of halogens is 2. The van der Waals surface area contributed by atoms with E-state index in [0.29, 0.717) is 5.56 Å². The van der Waals surface area contributed by atoms with Gasteiger partial charge in [-0.3, -0.25) is 4.79 Å². The summed E-state index contributed by atoms with van der Waals surface area (Å²) < 4.78 is 27.0. The van der Waals surface area contributed by atoms with Crippen LogP contribution in [0.3, 0.4) is 0 Å².